The van der Waals surface area contributed by atoms with Gasteiger partial charge in [-0.2, -0.15) is 4.98 Å². The Balaban J connectivity index is 1.45. The van der Waals surface area contributed by atoms with E-state index in [9.17, 15) is 9.18 Å². The van der Waals surface area contributed by atoms with E-state index < -0.39 is 0 Å². The standard InChI is InChI=1S/C21H23FN4O2/c1-26(2)14-16-5-3-15(4-6-16)13-23-19(27)11-12-20-24-21(25-28-20)17-7-9-18(22)10-8-17/h3-10H,11-14H2,1-2H3,(H,23,27)/p+1. The first-order valence-electron chi connectivity index (χ1n) is 9.21. The molecule has 1 heterocycles. The van der Waals surface area contributed by atoms with Crippen molar-refractivity contribution in [1.29, 1.82) is 0 Å². The number of nitrogens with zero attached hydrogens (tertiary/aromatic N) is 2. The lowest BCUT2D eigenvalue weighted by atomic mass is 10.1. The molecule has 0 radical (unpaired) electrons. The Morgan fingerprint density at radius 1 is 1.07 bits per heavy atom. The molecule has 0 aliphatic carbocycles. The van der Waals surface area contributed by atoms with Gasteiger partial charge in [-0.05, 0) is 29.8 Å². The lowest BCUT2D eigenvalue weighted by Gasteiger charge is -2.08. The molecule has 1 aromatic heterocycles. The average Bonchev–Trinajstić information content (AvgIpc) is 3.15. The van der Waals surface area contributed by atoms with E-state index in [1.165, 1.54) is 22.6 Å². The summed E-state index contributed by atoms with van der Waals surface area (Å²) >= 11 is 0. The number of aryl methyl sites for hydroxylation is 1. The van der Waals surface area contributed by atoms with Crippen molar-refractivity contribution in [3.63, 3.8) is 0 Å². The summed E-state index contributed by atoms with van der Waals surface area (Å²) in [6, 6.07) is 14.1. The van der Waals surface area contributed by atoms with Crippen LogP contribution in [0.15, 0.2) is 53.1 Å². The van der Waals surface area contributed by atoms with Crippen LogP contribution in [0.5, 0.6) is 0 Å². The highest BCUT2D eigenvalue weighted by Crippen LogP contribution is 2.16. The SMILES string of the molecule is C[NH+](C)Cc1ccc(CNC(=O)CCc2nc(-c3ccc(F)cc3)no2)cc1. The fourth-order valence-electron chi connectivity index (χ4n) is 2.77. The summed E-state index contributed by atoms with van der Waals surface area (Å²) in [4.78, 5) is 17.7. The molecule has 6 nitrogen and oxygen atoms in total. The van der Waals surface area contributed by atoms with Crippen LogP contribution < -0.4 is 10.2 Å². The van der Waals surface area contributed by atoms with E-state index >= 15 is 0 Å². The largest absolute Gasteiger partial charge is 0.352 e. The van der Waals surface area contributed by atoms with Crippen LogP contribution in [-0.2, 0) is 24.3 Å². The second-order valence-electron chi connectivity index (χ2n) is 7.00. The Labute approximate surface area is 163 Å². The third-order valence-electron chi connectivity index (χ3n) is 4.21. The number of amides is 1. The number of hydrogen-bond acceptors (Lipinski definition) is 4. The number of aromatic nitrogens is 2. The summed E-state index contributed by atoms with van der Waals surface area (Å²) in [6.07, 6.45) is 0.609. The van der Waals surface area contributed by atoms with Gasteiger partial charge in [0.15, 0.2) is 0 Å². The van der Waals surface area contributed by atoms with E-state index in [1.807, 2.05) is 12.1 Å². The Morgan fingerprint density at radius 3 is 2.43 bits per heavy atom. The number of carbonyl (C=O) groups excluding carboxylic acids is 1. The predicted molar refractivity (Wildman–Crippen MR) is 103 cm³/mol. The highest BCUT2D eigenvalue weighted by Gasteiger charge is 2.11. The molecule has 3 rings (SSSR count). The molecule has 0 aliphatic rings. The minimum Gasteiger partial charge on any atom is -0.352 e. The van der Waals surface area contributed by atoms with E-state index in [-0.39, 0.29) is 18.1 Å². The highest BCUT2D eigenvalue weighted by molar-refractivity contribution is 5.76. The smallest absolute Gasteiger partial charge is 0.227 e. The van der Waals surface area contributed by atoms with Crippen LogP contribution in [0.3, 0.4) is 0 Å². The summed E-state index contributed by atoms with van der Waals surface area (Å²) in [5.74, 6) is 0.362. The third-order valence-corrected chi connectivity index (χ3v) is 4.21. The molecule has 3 aromatic rings. The van der Waals surface area contributed by atoms with Gasteiger partial charge in [0.05, 0.1) is 14.1 Å². The summed E-state index contributed by atoms with van der Waals surface area (Å²) in [6.45, 7) is 1.45. The van der Waals surface area contributed by atoms with Crippen LogP contribution in [-0.4, -0.2) is 30.1 Å². The van der Waals surface area contributed by atoms with Crippen LogP contribution in [0.25, 0.3) is 11.4 Å². The molecule has 0 unspecified atom stereocenters. The van der Waals surface area contributed by atoms with Gasteiger partial charge < -0.3 is 14.7 Å². The van der Waals surface area contributed by atoms with Crippen molar-refractivity contribution in [2.24, 2.45) is 0 Å². The first-order valence-corrected chi connectivity index (χ1v) is 9.21. The van der Waals surface area contributed by atoms with Crippen LogP contribution in [0, 0.1) is 5.82 Å². The molecule has 0 saturated carbocycles. The molecular weight excluding hydrogens is 359 g/mol. The number of hydrogen-bond donors (Lipinski definition) is 2. The Bertz CT molecular complexity index is 905. The highest BCUT2D eigenvalue weighted by atomic mass is 19.1. The molecule has 0 aliphatic heterocycles. The zero-order valence-electron chi connectivity index (χ0n) is 16.0. The zero-order chi connectivity index (χ0) is 19.9. The van der Waals surface area contributed by atoms with Crippen LogP contribution in [0.4, 0.5) is 4.39 Å². The molecule has 0 saturated heterocycles. The van der Waals surface area contributed by atoms with Crippen molar-refractivity contribution in [3.8, 4) is 11.4 Å². The maximum atomic E-state index is 13.0. The van der Waals surface area contributed by atoms with Crippen molar-refractivity contribution in [1.82, 2.24) is 15.5 Å². The fraction of sp³-hybridized carbons (Fsp3) is 0.286. The summed E-state index contributed by atoms with van der Waals surface area (Å²) in [5.41, 5.74) is 2.99. The quantitative estimate of drug-likeness (QED) is 0.622. The van der Waals surface area contributed by atoms with Crippen molar-refractivity contribution >= 4 is 5.91 Å². The van der Waals surface area contributed by atoms with E-state index in [0.29, 0.717) is 30.2 Å². The summed E-state index contributed by atoms with van der Waals surface area (Å²) < 4.78 is 18.1. The first-order chi connectivity index (χ1) is 13.5. The molecule has 146 valence electrons. The maximum Gasteiger partial charge on any atom is 0.227 e. The zero-order valence-corrected chi connectivity index (χ0v) is 16.0. The molecule has 2 N–H and O–H groups in total. The Morgan fingerprint density at radius 2 is 1.75 bits per heavy atom. The molecule has 0 bridgehead atoms. The van der Waals surface area contributed by atoms with Gasteiger partial charge in [-0.3, -0.25) is 4.79 Å². The van der Waals surface area contributed by atoms with Crippen molar-refractivity contribution in [2.45, 2.75) is 25.9 Å². The van der Waals surface area contributed by atoms with Crippen molar-refractivity contribution in [3.05, 3.63) is 71.4 Å². The van der Waals surface area contributed by atoms with E-state index in [0.717, 1.165) is 12.1 Å². The lowest BCUT2D eigenvalue weighted by molar-refractivity contribution is -0.872. The number of nitrogens with one attached hydrogen (secondary N) is 2. The van der Waals surface area contributed by atoms with Gasteiger partial charge >= 0.3 is 0 Å². The Kier molecular flexibility index (Phi) is 6.49. The number of carbonyl (C=O) groups is 1. The molecule has 0 fully saturated rings. The molecule has 2 aromatic carbocycles. The number of rotatable bonds is 8. The molecule has 7 heteroatoms. The average molecular weight is 383 g/mol. The topological polar surface area (TPSA) is 72.5 Å². The van der Waals surface area contributed by atoms with Gasteiger partial charge in [-0.15, -0.1) is 0 Å². The molecular formula is C21H24FN4O2+. The normalized spacial score (nSPS) is 11.0. The number of benzene rings is 2. The summed E-state index contributed by atoms with van der Waals surface area (Å²) in [5, 5.41) is 6.77. The predicted octanol–water partition coefficient (Wildman–Crippen LogP) is 1.77. The lowest BCUT2D eigenvalue weighted by Crippen LogP contribution is -3.04. The van der Waals surface area contributed by atoms with Crippen molar-refractivity contribution in [2.75, 3.05) is 14.1 Å². The van der Waals surface area contributed by atoms with Gasteiger partial charge in [0.2, 0.25) is 17.6 Å². The van der Waals surface area contributed by atoms with E-state index in [1.54, 1.807) is 12.1 Å². The summed E-state index contributed by atoms with van der Waals surface area (Å²) in [7, 11) is 4.22. The fourth-order valence-corrected chi connectivity index (χ4v) is 2.77. The minimum absolute atomic E-state index is 0.0802. The van der Waals surface area contributed by atoms with Crippen LogP contribution in [0.2, 0.25) is 0 Å². The second-order valence-corrected chi connectivity index (χ2v) is 7.00. The molecule has 1 amide bonds. The van der Waals surface area contributed by atoms with Crippen molar-refractivity contribution < 1.29 is 18.6 Å². The van der Waals surface area contributed by atoms with Crippen LogP contribution >= 0.6 is 0 Å². The number of halogens is 1. The first kappa shape index (κ1) is 19.7. The van der Waals surface area contributed by atoms with Gasteiger partial charge in [0.1, 0.15) is 12.4 Å². The third kappa shape index (κ3) is 5.72. The molecule has 28 heavy (non-hydrogen) atoms. The van der Waals surface area contributed by atoms with Crippen LogP contribution in [0.1, 0.15) is 23.4 Å². The van der Waals surface area contributed by atoms with E-state index in [2.05, 4.69) is 41.7 Å². The number of quaternary nitrogens is 1. The maximum absolute atomic E-state index is 13.0. The second kappa shape index (κ2) is 9.23. The van der Waals surface area contributed by atoms with Gasteiger partial charge in [0, 0.05) is 30.5 Å². The van der Waals surface area contributed by atoms with Gasteiger partial charge in [-0.1, -0.05) is 29.4 Å². The van der Waals surface area contributed by atoms with Gasteiger partial charge in [0.25, 0.3) is 0 Å². The minimum atomic E-state index is -0.322. The molecule has 0 spiro atoms. The van der Waals surface area contributed by atoms with Gasteiger partial charge in [-0.25, -0.2) is 4.39 Å². The monoisotopic (exact) mass is 383 g/mol. The Hall–Kier alpha value is -3.06. The van der Waals surface area contributed by atoms with E-state index in [4.69, 9.17) is 4.52 Å². The molecule has 0 atom stereocenters.